The molecule has 0 fully saturated rings. The lowest BCUT2D eigenvalue weighted by atomic mass is 10.2. The molecule has 0 saturated heterocycles. The van der Waals surface area contributed by atoms with Crippen LogP contribution in [0.15, 0.2) is 30.3 Å². The predicted molar refractivity (Wildman–Crippen MR) is 67.8 cm³/mol. The van der Waals surface area contributed by atoms with Gasteiger partial charge in [-0.05, 0) is 37.6 Å². The molecule has 1 rings (SSSR count). The van der Waals surface area contributed by atoms with Gasteiger partial charge in [-0.15, -0.1) is 0 Å². The summed E-state index contributed by atoms with van der Waals surface area (Å²) in [6.45, 7) is 6.39. The molecule has 0 aliphatic heterocycles. The van der Waals surface area contributed by atoms with Crippen molar-refractivity contribution >= 4 is 18.0 Å². The Bertz CT molecular complexity index is 321. The molecule has 1 N–H and O–H groups in total. The van der Waals surface area contributed by atoms with E-state index in [0.29, 0.717) is 0 Å². The minimum Gasteiger partial charge on any atom is -0.372 e. The first kappa shape index (κ1) is 11.5. The van der Waals surface area contributed by atoms with Gasteiger partial charge in [-0.1, -0.05) is 18.2 Å². The van der Waals surface area contributed by atoms with Crippen LogP contribution in [0.2, 0.25) is 0 Å². The van der Waals surface area contributed by atoms with Crippen LogP contribution in [0.1, 0.15) is 19.4 Å². The van der Waals surface area contributed by atoms with Crippen molar-refractivity contribution in [2.45, 2.75) is 13.8 Å². The number of nitrogens with one attached hydrogen (secondary N) is 1. The zero-order valence-electron chi connectivity index (χ0n) is 9.40. The Kier molecular flexibility index (Phi) is 4.61. The average molecular weight is 202 g/mol. The first-order chi connectivity index (χ1) is 7.31. The number of hydrogen-bond acceptors (Lipinski definition) is 2. The molecule has 0 saturated carbocycles. The van der Waals surface area contributed by atoms with Crippen LogP contribution in [-0.2, 0) is 0 Å². The maximum absolute atomic E-state index is 6.90. The summed E-state index contributed by atoms with van der Waals surface area (Å²) in [6, 6.07) is 8.40. The molecule has 15 heavy (non-hydrogen) atoms. The van der Waals surface area contributed by atoms with Gasteiger partial charge in [-0.2, -0.15) is 0 Å². The van der Waals surface area contributed by atoms with E-state index in [0.717, 1.165) is 18.7 Å². The van der Waals surface area contributed by atoms with Gasteiger partial charge in [0, 0.05) is 25.0 Å². The van der Waals surface area contributed by atoms with Crippen molar-refractivity contribution in [2.24, 2.45) is 0 Å². The van der Waals surface area contributed by atoms with E-state index < -0.39 is 0 Å². The Morgan fingerprint density at radius 2 is 1.73 bits per heavy atom. The molecule has 0 radical (unpaired) electrons. The fourth-order valence-corrected chi connectivity index (χ4v) is 1.54. The molecule has 1 aromatic rings. The van der Waals surface area contributed by atoms with Gasteiger partial charge in [0.05, 0.1) is 0 Å². The van der Waals surface area contributed by atoms with Crippen LogP contribution >= 0.6 is 0 Å². The number of anilines is 1. The highest BCUT2D eigenvalue weighted by Gasteiger charge is 1.99. The molecular formula is C13H18N2. The van der Waals surface area contributed by atoms with Crippen molar-refractivity contribution in [3.05, 3.63) is 35.9 Å². The number of hydrogen-bond donors (Lipinski definition) is 1. The van der Waals surface area contributed by atoms with E-state index in [9.17, 15) is 0 Å². The second-order valence-electron chi connectivity index (χ2n) is 3.29. The minimum atomic E-state index is 1.03. The van der Waals surface area contributed by atoms with E-state index in [1.54, 1.807) is 6.08 Å². The molecule has 0 aliphatic carbocycles. The predicted octanol–water partition coefficient (Wildman–Crippen LogP) is 3.20. The molecule has 0 heterocycles. The number of benzene rings is 1. The van der Waals surface area contributed by atoms with E-state index in [1.165, 1.54) is 11.9 Å². The highest BCUT2D eigenvalue weighted by atomic mass is 15.1. The molecular weight excluding hydrogens is 184 g/mol. The van der Waals surface area contributed by atoms with Crippen LogP contribution in [0, 0.1) is 5.41 Å². The molecule has 1 aromatic carbocycles. The molecule has 0 bridgehead atoms. The fourth-order valence-electron chi connectivity index (χ4n) is 1.54. The highest BCUT2D eigenvalue weighted by Crippen LogP contribution is 2.15. The Hall–Kier alpha value is -1.57. The summed E-state index contributed by atoms with van der Waals surface area (Å²) in [5.74, 6) is 0. The van der Waals surface area contributed by atoms with Crippen molar-refractivity contribution in [3.8, 4) is 0 Å². The third kappa shape index (κ3) is 3.24. The maximum atomic E-state index is 6.90. The first-order valence-corrected chi connectivity index (χ1v) is 5.34. The van der Waals surface area contributed by atoms with E-state index >= 15 is 0 Å². The average Bonchev–Trinajstić information content (AvgIpc) is 2.29. The third-order valence-corrected chi connectivity index (χ3v) is 2.41. The number of rotatable bonds is 5. The van der Waals surface area contributed by atoms with Crippen LogP contribution < -0.4 is 4.90 Å². The first-order valence-electron chi connectivity index (χ1n) is 5.34. The summed E-state index contributed by atoms with van der Waals surface area (Å²) in [6.07, 6.45) is 4.95. The normalized spacial score (nSPS) is 10.5. The molecule has 2 heteroatoms. The van der Waals surface area contributed by atoms with Gasteiger partial charge in [-0.3, -0.25) is 0 Å². The lowest BCUT2D eigenvalue weighted by Gasteiger charge is -2.20. The Labute approximate surface area is 91.7 Å². The van der Waals surface area contributed by atoms with Crippen LogP contribution in [0.3, 0.4) is 0 Å². The minimum absolute atomic E-state index is 1.03. The van der Waals surface area contributed by atoms with E-state index in [1.807, 2.05) is 6.08 Å². The van der Waals surface area contributed by atoms with Crippen LogP contribution in [-0.4, -0.2) is 19.3 Å². The Morgan fingerprint density at radius 1 is 1.13 bits per heavy atom. The fraction of sp³-hybridized carbons (Fsp3) is 0.308. The van der Waals surface area contributed by atoms with E-state index in [4.69, 9.17) is 5.41 Å². The van der Waals surface area contributed by atoms with Gasteiger partial charge in [0.15, 0.2) is 0 Å². The molecule has 0 atom stereocenters. The van der Waals surface area contributed by atoms with Gasteiger partial charge >= 0.3 is 0 Å². The lowest BCUT2D eigenvalue weighted by Crippen LogP contribution is -2.21. The zero-order valence-corrected chi connectivity index (χ0v) is 9.40. The van der Waals surface area contributed by atoms with Gasteiger partial charge in [0.1, 0.15) is 0 Å². The molecule has 2 nitrogen and oxygen atoms in total. The third-order valence-electron chi connectivity index (χ3n) is 2.41. The number of allylic oxidation sites excluding steroid dienone is 1. The molecule has 0 unspecified atom stereocenters. The topological polar surface area (TPSA) is 27.1 Å². The van der Waals surface area contributed by atoms with E-state index in [-0.39, 0.29) is 0 Å². The lowest BCUT2D eigenvalue weighted by molar-refractivity contribution is 0.866. The highest BCUT2D eigenvalue weighted by molar-refractivity contribution is 5.76. The standard InChI is InChI=1S/C13H18N2/c1-3-15(4-2)13-9-7-12(8-10-13)6-5-11-14/h5-11,14H,3-4H2,1-2H3/b6-5+,14-11?. The molecule has 0 amide bonds. The summed E-state index contributed by atoms with van der Waals surface area (Å²) in [5.41, 5.74) is 2.39. The second kappa shape index (κ2) is 6.02. The second-order valence-corrected chi connectivity index (χ2v) is 3.29. The largest absolute Gasteiger partial charge is 0.372 e. The van der Waals surface area contributed by atoms with Gasteiger partial charge in [0.25, 0.3) is 0 Å². The van der Waals surface area contributed by atoms with Gasteiger partial charge in [-0.25, -0.2) is 0 Å². The quantitative estimate of drug-likeness (QED) is 0.729. The van der Waals surface area contributed by atoms with Crippen molar-refractivity contribution in [3.63, 3.8) is 0 Å². The smallest absolute Gasteiger partial charge is 0.0366 e. The van der Waals surface area contributed by atoms with Gasteiger partial charge in [0.2, 0.25) is 0 Å². The summed E-state index contributed by atoms with van der Waals surface area (Å²) in [4.78, 5) is 2.31. The summed E-state index contributed by atoms with van der Waals surface area (Å²) < 4.78 is 0. The van der Waals surface area contributed by atoms with E-state index in [2.05, 4.69) is 43.0 Å². The van der Waals surface area contributed by atoms with Crippen molar-refractivity contribution < 1.29 is 0 Å². The SMILES string of the molecule is CCN(CC)c1ccc(/C=C/C=N)cc1. The van der Waals surface area contributed by atoms with Crippen LogP contribution in [0.5, 0.6) is 0 Å². The van der Waals surface area contributed by atoms with Crippen LogP contribution in [0.25, 0.3) is 6.08 Å². The Morgan fingerprint density at radius 3 is 2.20 bits per heavy atom. The van der Waals surface area contributed by atoms with Crippen LogP contribution in [0.4, 0.5) is 5.69 Å². The maximum Gasteiger partial charge on any atom is 0.0366 e. The molecule has 0 aliphatic rings. The Balaban J connectivity index is 2.79. The van der Waals surface area contributed by atoms with Crippen molar-refractivity contribution in [1.82, 2.24) is 0 Å². The van der Waals surface area contributed by atoms with Crippen molar-refractivity contribution in [1.29, 1.82) is 5.41 Å². The summed E-state index contributed by atoms with van der Waals surface area (Å²) >= 11 is 0. The zero-order chi connectivity index (χ0) is 11.1. The van der Waals surface area contributed by atoms with Gasteiger partial charge < -0.3 is 10.3 Å². The number of nitrogens with zero attached hydrogens (tertiary/aromatic N) is 1. The molecule has 80 valence electrons. The summed E-state index contributed by atoms with van der Waals surface area (Å²) in [7, 11) is 0. The van der Waals surface area contributed by atoms with Crippen molar-refractivity contribution in [2.75, 3.05) is 18.0 Å². The summed E-state index contributed by atoms with van der Waals surface area (Å²) in [5, 5.41) is 6.90. The molecule has 0 spiro atoms. The monoisotopic (exact) mass is 202 g/mol. The molecule has 0 aromatic heterocycles.